The Hall–Kier alpha value is -3.14. The predicted octanol–water partition coefficient (Wildman–Crippen LogP) is 3.86. The lowest BCUT2D eigenvalue weighted by atomic mass is 10.00. The van der Waals surface area contributed by atoms with E-state index in [0.717, 1.165) is 5.56 Å². The van der Waals surface area contributed by atoms with Gasteiger partial charge in [0.1, 0.15) is 16.9 Å². The average Bonchev–Trinajstić information content (AvgIpc) is 2.61. The zero-order valence-electron chi connectivity index (χ0n) is 14.4. The Balaban J connectivity index is 2.30. The van der Waals surface area contributed by atoms with Gasteiger partial charge in [0.05, 0.1) is 5.39 Å². The van der Waals surface area contributed by atoms with Crippen LogP contribution >= 0.6 is 0 Å². The highest BCUT2D eigenvalue weighted by atomic mass is 16.3. The van der Waals surface area contributed by atoms with Crippen molar-refractivity contribution in [1.29, 1.82) is 0 Å². The molecule has 0 radical (unpaired) electrons. The van der Waals surface area contributed by atoms with E-state index in [0.29, 0.717) is 16.5 Å². The van der Waals surface area contributed by atoms with E-state index >= 15 is 0 Å². The zero-order valence-corrected chi connectivity index (χ0v) is 14.4. The maximum atomic E-state index is 13.0. The van der Waals surface area contributed by atoms with Crippen LogP contribution in [0.1, 0.15) is 27.2 Å². The quantitative estimate of drug-likeness (QED) is 0.680. The highest BCUT2D eigenvalue weighted by Crippen LogP contribution is 2.20. The molecule has 1 heterocycles. The molecule has 0 aliphatic rings. The highest BCUT2D eigenvalue weighted by molar-refractivity contribution is 6.11. The molecule has 3 aromatic rings. The Labute approximate surface area is 146 Å². The van der Waals surface area contributed by atoms with Crippen LogP contribution in [0.15, 0.2) is 63.9 Å². The highest BCUT2D eigenvalue weighted by Gasteiger charge is 2.21. The molecule has 0 amide bonds. The van der Waals surface area contributed by atoms with Gasteiger partial charge in [0.15, 0.2) is 0 Å². The van der Waals surface area contributed by atoms with Gasteiger partial charge in [0, 0.05) is 25.9 Å². The topological polar surface area (TPSA) is 50.5 Å². The van der Waals surface area contributed by atoms with Crippen LogP contribution in [0.4, 0.5) is 0 Å². The molecule has 25 heavy (non-hydrogen) atoms. The van der Waals surface area contributed by atoms with Crippen molar-refractivity contribution in [1.82, 2.24) is 4.90 Å². The Morgan fingerprint density at radius 2 is 1.80 bits per heavy atom. The van der Waals surface area contributed by atoms with Gasteiger partial charge in [0.25, 0.3) is 0 Å². The van der Waals surface area contributed by atoms with Gasteiger partial charge >= 0.3 is 0 Å². The van der Waals surface area contributed by atoms with Gasteiger partial charge < -0.3 is 9.32 Å². The summed E-state index contributed by atoms with van der Waals surface area (Å²) < 4.78 is 5.89. The third-order valence-corrected chi connectivity index (χ3v) is 3.86. The number of hydrogen-bond donors (Lipinski definition) is 0. The molecule has 4 nitrogen and oxygen atoms in total. The molecule has 0 fully saturated rings. The summed E-state index contributed by atoms with van der Waals surface area (Å²) in [5.74, 6) is -0.0694. The van der Waals surface area contributed by atoms with Crippen molar-refractivity contribution in [2.75, 3.05) is 14.1 Å². The van der Waals surface area contributed by atoms with E-state index in [-0.39, 0.29) is 22.5 Å². The van der Waals surface area contributed by atoms with E-state index < -0.39 is 0 Å². The summed E-state index contributed by atoms with van der Waals surface area (Å²) in [5.41, 5.74) is 1.62. The van der Waals surface area contributed by atoms with Crippen LogP contribution < -0.4 is 5.43 Å². The lowest BCUT2D eigenvalue weighted by Gasteiger charge is -2.09. The molecular formula is C21H19NO3. The first-order valence-corrected chi connectivity index (χ1v) is 7.99. The first kappa shape index (κ1) is 16.7. The molecule has 0 unspecified atom stereocenters. The number of nitrogens with zero attached hydrogens (tertiary/aromatic N) is 1. The molecule has 0 aliphatic heterocycles. The number of hydrogen-bond acceptors (Lipinski definition) is 4. The minimum absolute atomic E-state index is 0.0578. The lowest BCUT2D eigenvalue weighted by Crippen LogP contribution is -2.18. The summed E-state index contributed by atoms with van der Waals surface area (Å²) in [5, 5.41) is 0.418. The van der Waals surface area contributed by atoms with Crippen LogP contribution in [0, 0.1) is 6.92 Å². The molecule has 0 saturated carbocycles. The van der Waals surface area contributed by atoms with Gasteiger partial charge in [-0.25, -0.2) is 0 Å². The van der Waals surface area contributed by atoms with Crippen LogP contribution in [0.3, 0.4) is 0 Å². The molecule has 0 atom stereocenters. The standard InChI is InChI=1S/C21H19NO3/c1-14-9-10-17-16(13-14)21(24)19(18(25-17)11-12-22(2)3)20(23)15-7-5-4-6-8-15/h4-13H,1-3H3/b12-11+. The molecule has 4 heteroatoms. The predicted molar refractivity (Wildman–Crippen MR) is 99.8 cm³/mol. The summed E-state index contributed by atoms with van der Waals surface area (Å²) in [7, 11) is 3.72. The molecule has 0 aliphatic carbocycles. The van der Waals surface area contributed by atoms with Crippen molar-refractivity contribution < 1.29 is 9.21 Å². The van der Waals surface area contributed by atoms with E-state index in [1.54, 1.807) is 48.7 Å². The molecule has 0 saturated heterocycles. The molecule has 0 bridgehead atoms. The summed E-state index contributed by atoms with van der Waals surface area (Å²) in [6.07, 6.45) is 3.40. The largest absolute Gasteiger partial charge is 0.456 e. The lowest BCUT2D eigenvalue weighted by molar-refractivity contribution is 0.103. The van der Waals surface area contributed by atoms with E-state index in [9.17, 15) is 9.59 Å². The second kappa shape index (κ2) is 6.77. The van der Waals surface area contributed by atoms with Gasteiger partial charge in [0.2, 0.25) is 11.2 Å². The fourth-order valence-corrected chi connectivity index (χ4v) is 2.61. The van der Waals surface area contributed by atoms with Crippen molar-refractivity contribution in [3.8, 4) is 0 Å². The number of ketones is 1. The number of fused-ring (bicyclic) bond motifs is 1. The van der Waals surface area contributed by atoms with E-state index in [2.05, 4.69) is 0 Å². The fourth-order valence-electron chi connectivity index (χ4n) is 2.61. The van der Waals surface area contributed by atoms with Crippen molar-refractivity contribution in [3.63, 3.8) is 0 Å². The fraction of sp³-hybridized carbons (Fsp3) is 0.143. The number of carbonyl (C=O) groups is 1. The van der Waals surface area contributed by atoms with Crippen LogP contribution in [0.5, 0.6) is 0 Å². The van der Waals surface area contributed by atoms with Crippen molar-refractivity contribution in [3.05, 3.63) is 87.4 Å². The third-order valence-electron chi connectivity index (χ3n) is 3.86. The smallest absolute Gasteiger partial charge is 0.204 e. The normalized spacial score (nSPS) is 11.2. The Kier molecular flexibility index (Phi) is 4.52. The summed E-state index contributed by atoms with van der Waals surface area (Å²) in [4.78, 5) is 27.8. The minimum Gasteiger partial charge on any atom is -0.456 e. The zero-order chi connectivity index (χ0) is 18.0. The van der Waals surface area contributed by atoms with Gasteiger partial charge in [-0.2, -0.15) is 0 Å². The second-order valence-electron chi connectivity index (χ2n) is 6.14. The second-order valence-corrected chi connectivity index (χ2v) is 6.14. The van der Waals surface area contributed by atoms with Crippen LogP contribution in [-0.2, 0) is 0 Å². The molecule has 1 aromatic heterocycles. The minimum atomic E-state index is -0.337. The monoisotopic (exact) mass is 333 g/mol. The van der Waals surface area contributed by atoms with Crippen molar-refractivity contribution >= 4 is 22.8 Å². The van der Waals surface area contributed by atoms with E-state index in [1.165, 1.54) is 0 Å². The Morgan fingerprint density at radius 1 is 1.08 bits per heavy atom. The third kappa shape index (κ3) is 3.38. The maximum Gasteiger partial charge on any atom is 0.204 e. The Morgan fingerprint density at radius 3 is 2.48 bits per heavy atom. The first-order chi connectivity index (χ1) is 12.0. The maximum absolute atomic E-state index is 13.0. The van der Waals surface area contributed by atoms with Gasteiger partial charge in [-0.1, -0.05) is 42.0 Å². The van der Waals surface area contributed by atoms with Crippen LogP contribution in [0.2, 0.25) is 0 Å². The number of benzene rings is 2. The number of carbonyl (C=O) groups excluding carboxylic acids is 1. The van der Waals surface area contributed by atoms with Crippen molar-refractivity contribution in [2.45, 2.75) is 6.92 Å². The Bertz CT molecular complexity index is 1010. The molecular weight excluding hydrogens is 314 g/mol. The van der Waals surface area contributed by atoms with E-state index in [4.69, 9.17) is 4.42 Å². The van der Waals surface area contributed by atoms with Gasteiger partial charge in [-0.05, 0) is 25.1 Å². The van der Waals surface area contributed by atoms with Crippen LogP contribution in [0.25, 0.3) is 17.0 Å². The van der Waals surface area contributed by atoms with Crippen LogP contribution in [-0.4, -0.2) is 24.8 Å². The molecule has 3 rings (SSSR count). The SMILES string of the molecule is Cc1ccc2oc(/C=C/N(C)C)c(C(=O)c3ccccc3)c(=O)c2c1. The average molecular weight is 333 g/mol. The van der Waals surface area contributed by atoms with Crippen molar-refractivity contribution in [2.24, 2.45) is 0 Å². The molecule has 0 spiro atoms. The number of rotatable bonds is 4. The molecule has 126 valence electrons. The summed E-state index contributed by atoms with van der Waals surface area (Å²) in [6.45, 7) is 1.90. The van der Waals surface area contributed by atoms with Gasteiger partial charge in [-0.15, -0.1) is 0 Å². The summed E-state index contributed by atoms with van der Waals surface area (Å²) in [6, 6.07) is 14.2. The molecule has 0 N–H and O–H groups in total. The number of aryl methyl sites for hydroxylation is 1. The van der Waals surface area contributed by atoms with E-state index in [1.807, 2.05) is 38.1 Å². The summed E-state index contributed by atoms with van der Waals surface area (Å²) >= 11 is 0. The molecule has 2 aromatic carbocycles. The first-order valence-electron chi connectivity index (χ1n) is 7.99. The van der Waals surface area contributed by atoms with Gasteiger partial charge in [-0.3, -0.25) is 9.59 Å².